The largest absolute Gasteiger partial charge is 0.463 e. The lowest BCUT2D eigenvalue weighted by Gasteiger charge is -2.45. The average molecular weight is 319 g/mol. The van der Waals surface area contributed by atoms with Gasteiger partial charge in [0, 0.05) is 18.9 Å². The molecule has 2 aliphatic carbocycles. The van der Waals surface area contributed by atoms with Crippen molar-refractivity contribution < 1.29 is 14.6 Å². The number of rotatable bonds is 2. The standard InChI is InChI=1S/C13H21ClO2.C4H10O/c1-8-6-10(16-9(2)15)7-12-11(8)4-3-5-13(12)14;1-4(2)3-5/h8,10-13H,3-7H2,1-2H3;4-5H,3H2,1-2H3/t8-,10?,11?,12?,13+;/m1./s1. The molecule has 3 unspecified atom stereocenters. The van der Waals surface area contributed by atoms with E-state index in [1.807, 2.05) is 13.8 Å². The second-order valence-corrected chi connectivity index (χ2v) is 7.59. The summed E-state index contributed by atoms with van der Waals surface area (Å²) in [7, 11) is 0. The van der Waals surface area contributed by atoms with Crippen molar-refractivity contribution in [2.75, 3.05) is 6.61 Å². The van der Waals surface area contributed by atoms with Crippen LogP contribution in [0, 0.1) is 23.7 Å². The Bertz CT molecular complexity index is 319. The zero-order valence-corrected chi connectivity index (χ0v) is 14.6. The van der Waals surface area contributed by atoms with E-state index in [2.05, 4.69) is 6.92 Å². The van der Waals surface area contributed by atoms with Crippen LogP contribution in [0.4, 0.5) is 0 Å². The lowest BCUT2D eigenvalue weighted by Crippen LogP contribution is -2.42. The molecule has 2 fully saturated rings. The summed E-state index contributed by atoms with van der Waals surface area (Å²) in [5.41, 5.74) is 0. The first-order valence-electron chi connectivity index (χ1n) is 8.27. The second-order valence-electron chi connectivity index (χ2n) is 7.03. The molecule has 0 radical (unpaired) electrons. The molecule has 0 aromatic rings. The minimum atomic E-state index is -0.155. The van der Waals surface area contributed by atoms with Crippen molar-refractivity contribution in [3.05, 3.63) is 0 Å². The molecule has 2 saturated carbocycles. The Morgan fingerprint density at radius 2 is 1.90 bits per heavy atom. The molecule has 0 aromatic carbocycles. The summed E-state index contributed by atoms with van der Waals surface area (Å²) in [4.78, 5) is 11.0. The van der Waals surface area contributed by atoms with E-state index in [9.17, 15) is 4.79 Å². The number of aliphatic hydroxyl groups excluding tert-OH is 1. The molecule has 5 atom stereocenters. The number of hydrogen-bond acceptors (Lipinski definition) is 3. The van der Waals surface area contributed by atoms with Crippen LogP contribution in [0.2, 0.25) is 0 Å². The fourth-order valence-corrected chi connectivity index (χ4v) is 4.04. The summed E-state index contributed by atoms with van der Waals surface area (Å²) in [5.74, 6) is 2.24. The molecule has 0 amide bonds. The summed E-state index contributed by atoms with van der Waals surface area (Å²) in [6.45, 7) is 8.03. The first kappa shape index (κ1) is 18.8. The fourth-order valence-electron chi connectivity index (χ4n) is 3.59. The molecule has 0 saturated heterocycles. The number of carbonyl (C=O) groups excluding carboxylic acids is 1. The van der Waals surface area contributed by atoms with Crippen molar-refractivity contribution in [1.82, 2.24) is 0 Å². The molecule has 124 valence electrons. The third-order valence-electron chi connectivity index (χ3n) is 4.63. The number of ether oxygens (including phenoxy) is 1. The normalized spacial score (nSPS) is 35.5. The van der Waals surface area contributed by atoms with Gasteiger partial charge in [0.05, 0.1) is 0 Å². The summed E-state index contributed by atoms with van der Waals surface area (Å²) in [6, 6.07) is 0. The van der Waals surface area contributed by atoms with Gasteiger partial charge in [0.15, 0.2) is 0 Å². The van der Waals surface area contributed by atoms with E-state index in [4.69, 9.17) is 21.4 Å². The summed E-state index contributed by atoms with van der Waals surface area (Å²) >= 11 is 6.42. The van der Waals surface area contributed by atoms with E-state index in [0.29, 0.717) is 29.7 Å². The molecule has 2 aliphatic rings. The topological polar surface area (TPSA) is 46.5 Å². The smallest absolute Gasteiger partial charge is 0.302 e. The Kier molecular flexibility index (Phi) is 8.04. The van der Waals surface area contributed by atoms with Crippen molar-refractivity contribution in [2.45, 2.75) is 71.3 Å². The first-order valence-corrected chi connectivity index (χ1v) is 8.70. The molecule has 0 aliphatic heterocycles. The Hall–Kier alpha value is -0.280. The van der Waals surface area contributed by atoms with Gasteiger partial charge in [-0.25, -0.2) is 0 Å². The van der Waals surface area contributed by atoms with Crippen molar-refractivity contribution in [3.63, 3.8) is 0 Å². The highest BCUT2D eigenvalue weighted by molar-refractivity contribution is 6.20. The summed E-state index contributed by atoms with van der Waals surface area (Å²) in [5, 5.41) is 8.43. The third kappa shape index (κ3) is 6.15. The molecule has 0 bridgehead atoms. The molecule has 4 heteroatoms. The Morgan fingerprint density at radius 1 is 1.29 bits per heavy atom. The number of carbonyl (C=O) groups is 1. The molecule has 0 heterocycles. The zero-order valence-electron chi connectivity index (χ0n) is 13.8. The average Bonchev–Trinajstić information content (AvgIpc) is 2.40. The van der Waals surface area contributed by atoms with Crippen LogP contribution in [0.25, 0.3) is 0 Å². The van der Waals surface area contributed by atoms with Crippen LogP contribution in [-0.4, -0.2) is 29.2 Å². The van der Waals surface area contributed by atoms with Gasteiger partial charge in [-0.3, -0.25) is 4.79 Å². The number of aliphatic hydroxyl groups is 1. The van der Waals surface area contributed by atoms with E-state index in [1.54, 1.807) is 0 Å². The van der Waals surface area contributed by atoms with Crippen LogP contribution >= 0.6 is 11.6 Å². The van der Waals surface area contributed by atoms with Crippen LogP contribution < -0.4 is 0 Å². The quantitative estimate of drug-likeness (QED) is 0.618. The number of fused-ring (bicyclic) bond motifs is 1. The van der Waals surface area contributed by atoms with Gasteiger partial charge in [0.2, 0.25) is 0 Å². The molecule has 3 nitrogen and oxygen atoms in total. The third-order valence-corrected chi connectivity index (χ3v) is 5.17. The van der Waals surface area contributed by atoms with Gasteiger partial charge >= 0.3 is 5.97 Å². The number of esters is 1. The van der Waals surface area contributed by atoms with E-state index in [1.165, 1.54) is 19.8 Å². The zero-order chi connectivity index (χ0) is 16.0. The number of hydrogen-bond donors (Lipinski definition) is 1. The van der Waals surface area contributed by atoms with Crippen molar-refractivity contribution in [2.24, 2.45) is 23.7 Å². The highest BCUT2D eigenvalue weighted by Gasteiger charge is 2.41. The maximum Gasteiger partial charge on any atom is 0.302 e. The molecular formula is C17H31ClO3. The number of halogens is 1. The molecule has 0 aromatic heterocycles. The van der Waals surface area contributed by atoms with Crippen LogP contribution in [0.15, 0.2) is 0 Å². The van der Waals surface area contributed by atoms with Crippen molar-refractivity contribution in [3.8, 4) is 0 Å². The molecule has 0 spiro atoms. The van der Waals surface area contributed by atoms with E-state index >= 15 is 0 Å². The van der Waals surface area contributed by atoms with Crippen LogP contribution in [0.5, 0.6) is 0 Å². The maximum absolute atomic E-state index is 11.0. The van der Waals surface area contributed by atoms with Crippen molar-refractivity contribution in [1.29, 1.82) is 0 Å². The van der Waals surface area contributed by atoms with Gasteiger partial charge in [-0.15, -0.1) is 11.6 Å². The monoisotopic (exact) mass is 318 g/mol. The van der Waals surface area contributed by atoms with Gasteiger partial charge in [0.25, 0.3) is 0 Å². The lowest BCUT2D eigenvalue weighted by atomic mass is 9.65. The summed E-state index contributed by atoms with van der Waals surface area (Å²) in [6.07, 6.45) is 5.79. The Balaban J connectivity index is 0.000000383. The highest BCUT2D eigenvalue weighted by atomic mass is 35.5. The minimum absolute atomic E-state index is 0.105. The number of alkyl halides is 1. The highest BCUT2D eigenvalue weighted by Crippen LogP contribution is 2.46. The van der Waals surface area contributed by atoms with Gasteiger partial charge in [-0.05, 0) is 49.4 Å². The maximum atomic E-state index is 11.0. The predicted octanol–water partition coefficient (Wildman–Crippen LogP) is 4.01. The van der Waals surface area contributed by atoms with E-state index in [0.717, 1.165) is 25.2 Å². The van der Waals surface area contributed by atoms with Crippen LogP contribution in [-0.2, 0) is 9.53 Å². The van der Waals surface area contributed by atoms with Gasteiger partial charge < -0.3 is 9.84 Å². The van der Waals surface area contributed by atoms with Crippen LogP contribution in [0.1, 0.15) is 59.8 Å². The van der Waals surface area contributed by atoms with Crippen LogP contribution in [0.3, 0.4) is 0 Å². The SMILES string of the molecule is CC(=O)OC1CC2C(CCC[C@@H]2Cl)[C@H](C)C1.CC(C)CO. The molecule has 2 rings (SSSR count). The Morgan fingerprint density at radius 3 is 2.43 bits per heavy atom. The summed E-state index contributed by atoms with van der Waals surface area (Å²) < 4.78 is 5.36. The van der Waals surface area contributed by atoms with E-state index in [-0.39, 0.29) is 12.1 Å². The molecule has 1 N–H and O–H groups in total. The minimum Gasteiger partial charge on any atom is -0.463 e. The van der Waals surface area contributed by atoms with Gasteiger partial charge in [-0.1, -0.05) is 27.2 Å². The fraction of sp³-hybridized carbons (Fsp3) is 0.941. The van der Waals surface area contributed by atoms with E-state index < -0.39 is 0 Å². The second kappa shape index (κ2) is 8.99. The lowest BCUT2D eigenvalue weighted by molar-refractivity contribution is -0.151. The van der Waals surface area contributed by atoms with Gasteiger partial charge in [0.1, 0.15) is 6.10 Å². The van der Waals surface area contributed by atoms with Gasteiger partial charge in [-0.2, -0.15) is 0 Å². The Labute approximate surface area is 134 Å². The predicted molar refractivity (Wildman–Crippen MR) is 86.3 cm³/mol. The first-order chi connectivity index (χ1) is 9.85. The van der Waals surface area contributed by atoms with Crippen molar-refractivity contribution >= 4 is 17.6 Å². The molecule has 21 heavy (non-hydrogen) atoms. The molecular weight excluding hydrogens is 288 g/mol.